The van der Waals surface area contributed by atoms with E-state index in [1.807, 2.05) is 0 Å². The van der Waals surface area contributed by atoms with E-state index in [0.29, 0.717) is 25.1 Å². The van der Waals surface area contributed by atoms with Gasteiger partial charge in [0.1, 0.15) is 16.8 Å². The summed E-state index contributed by atoms with van der Waals surface area (Å²) in [5.41, 5.74) is 3.88. The Morgan fingerprint density at radius 2 is 2.00 bits per heavy atom. The van der Waals surface area contributed by atoms with Gasteiger partial charge in [-0.15, -0.1) is 11.3 Å². The van der Waals surface area contributed by atoms with Crippen LogP contribution in [0.3, 0.4) is 0 Å². The summed E-state index contributed by atoms with van der Waals surface area (Å²) in [6.07, 6.45) is 4.99. The Hall–Kier alpha value is -2.22. The maximum atomic E-state index is 12.1. The molecule has 1 heterocycles. The molecule has 3 N–H and O–H groups in total. The zero-order valence-corrected chi connectivity index (χ0v) is 18.4. The zero-order chi connectivity index (χ0) is 20.3. The normalized spacial score (nSPS) is 13.0. The standard InChI is InChI=1S/C18H14Br2N4O3S/c19-10-5-9(15(25)13(20)6-10)8-22-24-17(27)16(26)23-18-12(7-21)11-3-1-2-4-14(11)28-18/h5-6,8,25H,1-4H2,(H,23,26)(H,24,27)/b22-8+. The fraction of sp³-hybridized carbons (Fsp3) is 0.222. The van der Waals surface area contributed by atoms with Crippen LogP contribution in [0.5, 0.6) is 5.75 Å². The lowest BCUT2D eigenvalue weighted by Gasteiger charge is -2.09. The number of aromatic hydroxyl groups is 1. The van der Waals surface area contributed by atoms with Crippen molar-refractivity contribution in [2.75, 3.05) is 5.32 Å². The van der Waals surface area contributed by atoms with Gasteiger partial charge < -0.3 is 10.4 Å². The molecule has 0 atom stereocenters. The maximum absolute atomic E-state index is 12.1. The second-order valence-electron chi connectivity index (χ2n) is 6.01. The summed E-state index contributed by atoms with van der Waals surface area (Å²) in [5.74, 6) is -1.93. The minimum absolute atomic E-state index is 0.0477. The van der Waals surface area contributed by atoms with E-state index in [-0.39, 0.29) is 5.75 Å². The van der Waals surface area contributed by atoms with E-state index in [0.717, 1.165) is 36.1 Å². The molecule has 1 aliphatic rings. The highest BCUT2D eigenvalue weighted by Gasteiger charge is 2.23. The van der Waals surface area contributed by atoms with Crippen molar-refractivity contribution in [2.45, 2.75) is 25.7 Å². The maximum Gasteiger partial charge on any atom is 0.329 e. The van der Waals surface area contributed by atoms with E-state index in [1.54, 1.807) is 12.1 Å². The van der Waals surface area contributed by atoms with Crippen LogP contribution >= 0.6 is 43.2 Å². The molecule has 1 aliphatic carbocycles. The Bertz CT molecular complexity index is 1030. The summed E-state index contributed by atoms with van der Waals surface area (Å²) >= 11 is 7.83. The van der Waals surface area contributed by atoms with E-state index in [2.05, 4.69) is 53.8 Å². The number of benzene rings is 1. The van der Waals surface area contributed by atoms with Crippen LogP contribution in [0, 0.1) is 11.3 Å². The number of nitrogens with zero attached hydrogens (tertiary/aromatic N) is 2. The number of thiophene rings is 1. The topological polar surface area (TPSA) is 115 Å². The molecule has 0 aliphatic heterocycles. The Kier molecular flexibility index (Phi) is 6.49. The lowest BCUT2D eigenvalue weighted by molar-refractivity contribution is -0.136. The van der Waals surface area contributed by atoms with Crippen LogP contribution in [0.15, 0.2) is 26.2 Å². The van der Waals surface area contributed by atoms with Crippen LogP contribution in [0.1, 0.15) is 34.4 Å². The second-order valence-corrected chi connectivity index (χ2v) is 8.88. The fourth-order valence-electron chi connectivity index (χ4n) is 2.83. The molecule has 1 aromatic heterocycles. The molecule has 144 valence electrons. The molecule has 0 unspecified atom stereocenters. The number of hydrogen-bond acceptors (Lipinski definition) is 6. The molecule has 0 radical (unpaired) electrons. The number of phenols is 1. The highest BCUT2D eigenvalue weighted by molar-refractivity contribution is 9.11. The number of anilines is 1. The van der Waals surface area contributed by atoms with Gasteiger partial charge in [-0.05, 0) is 59.3 Å². The number of amides is 2. The van der Waals surface area contributed by atoms with Gasteiger partial charge in [0.25, 0.3) is 0 Å². The van der Waals surface area contributed by atoms with Crippen LogP contribution in [-0.2, 0) is 22.4 Å². The smallest absolute Gasteiger partial charge is 0.329 e. The van der Waals surface area contributed by atoms with Gasteiger partial charge in [0.15, 0.2) is 0 Å². The number of fused-ring (bicyclic) bond motifs is 1. The number of nitrogens with one attached hydrogen (secondary N) is 2. The summed E-state index contributed by atoms with van der Waals surface area (Å²) in [7, 11) is 0. The van der Waals surface area contributed by atoms with E-state index >= 15 is 0 Å². The first kappa shape index (κ1) is 20.5. The number of nitriles is 1. The molecule has 1 aromatic carbocycles. The summed E-state index contributed by atoms with van der Waals surface area (Å²) < 4.78 is 1.16. The van der Waals surface area contributed by atoms with Crippen molar-refractivity contribution >= 4 is 66.2 Å². The van der Waals surface area contributed by atoms with Crippen LogP contribution in [-0.4, -0.2) is 23.1 Å². The van der Waals surface area contributed by atoms with Crippen molar-refractivity contribution < 1.29 is 14.7 Å². The van der Waals surface area contributed by atoms with E-state index in [9.17, 15) is 20.0 Å². The number of aryl methyl sites for hydroxylation is 1. The number of rotatable bonds is 3. The van der Waals surface area contributed by atoms with Crippen LogP contribution < -0.4 is 10.7 Å². The van der Waals surface area contributed by atoms with Gasteiger partial charge in [0.2, 0.25) is 0 Å². The van der Waals surface area contributed by atoms with Crippen molar-refractivity contribution in [1.29, 1.82) is 5.26 Å². The molecule has 0 bridgehead atoms. The number of carbonyl (C=O) groups is 2. The molecule has 28 heavy (non-hydrogen) atoms. The average molecular weight is 526 g/mol. The molecule has 0 spiro atoms. The summed E-state index contributed by atoms with van der Waals surface area (Å²) in [6, 6.07) is 5.39. The molecular weight excluding hydrogens is 512 g/mol. The number of phenolic OH excluding ortho intramolecular Hbond substituents is 1. The molecule has 10 heteroatoms. The Morgan fingerprint density at radius 3 is 2.75 bits per heavy atom. The first-order valence-electron chi connectivity index (χ1n) is 8.27. The zero-order valence-electron chi connectivity index (χ0n) is 14.4. The highest BCUT2D eigenvalue weighted by atomic mass is 79.9. The monoisotopic (exact) mass is 524 g/mol. The number of hydrogen-bond donors (Lipinski definition) is 3. The van der Waals surface area contributed by atoms with Gasteiger partial charge in [-0.25, -0.2) is 5.43 Å². The number of halogens is 2. The van der Waals surface area contributed by atoms with E-state index in [1.165, 1.54) is 17.6 Å². The molecular formula is C18H14Br2N4O3S. The second kappa shape index (κ2) is 8.86. The lowest BCUT2D eigenvalue weighted by Crippen LogP contribution is -2.32. The van der Waals surface area contributed by atoms with Gasteiger partial charge in [-0.3, -0.25) is 9.59 Å². The van der Waals surface area contributed by atoms with Gasteiger partial charge in [-0.1, -0.05) is 15.9 Å². The van der Waals surface area contributed by atoms with Gasteiger partial charge >= 0.3 is 11.8 Å². The largest absolute Gasteiger partial charge is 0.506 e. The Labute approximate surface area is 181 Å². The first-order chi connectivity index (χ1) is 13.4. The number of carbonyl (C=O) groups excluding carboxylic acids is 2. The van der Waals surface area contributed by atoms with E-state index in [4.69, 9.17) is 0 Å². The minimum Gasteiger partial charge on any atom is -0.506 e. The predicted molar refractivity (Wildman–Crippen MR) is 114 cm³/mol. The Balaban J connectivity index is 1.67. The summed E-state index contributed by atoms with van der Waals surface area (Å²) in [6.45, 7) is 0. The average Bonchev–Trinajstić information content (AvgIpc) is 3.02. The SMILES string of the molecule is N#Cc1c(NC(=O)C(=O)N/N=C/c2cc(Br)cc(Br)c2O)sc2c1CCCC2. The Morgan fingerprint density at radius 1 is 1.25 bits per heavy atom. The van der Waals surface area contributed by atoms with Crippen molar-refractivity contribution in [3.8, 4) is 11.8 Å². The molecule has 3 rings (SSSR count). The van der Waals surface area contributed by atoms with Crippen molar-refractivity contribution in [3.05, 3.63) is 42.6 Å². The van der Waals surface area contributed by atoms with Gasteiger partial charge in [0, 0.05) is 14.9 Å². The van der Waals surface area contributed by atoms with Gasteiger partial charge in [0.05, 0.1) is 16.3 Å². The highest BCUT2D eigenvalue weighted by Crippen LogP contribution is 2.37. The van der Waals surface area contributed by atoms with Crippen molar-refractivity contribution in [1.82, 2.24) is 5.43 Å². The third-order valence-corrected chi connectivity index (χ3v) is 6.41. The molecule has 0 saturated carbocycles. The van der Waals surface area contributed by atoms with Crippen molar-refractivity contribution in [2.24, 2.45) is 5.10 Å². The predicted octanol–water partition coefficient (Wildman–Crippen LogP) is 3.82. The molecule has 0 saturated heterocycles. The van der Waals surface area contributed by atoms with Crippen molar-refractivity contribution in [3.63, 3.8) is 0 Å². The molecule has 0 fully saturated rings. The fourth-order valence-corrected chi connectivity index (χ4v) is 5.32. The van der Waals surface area contributed by atoms with E-state index < -0.39 is 11.8 Å². The number of hydrazone groups is 1. The van der Waals surface area contributed by atoms with Crippen LogP contribution in [0.4, 0.5) is 5.00 Å². The van der Waals surface area contributed by atoms with Gasteiger partial charge in [-0.2, -0.15) is 10.4 Å². The molecule has 7 nitrogen and oxygen atoms in total. The van der Waals surface area contributed by atoms with Crippen LogP contribution in [0.25, 0.3) is 0 Å². The summed E-state index contributed by atoms with van der Waals surface area (Å²) in [4.78, 5) is 25.2. The molecule has 2 aromatic rings. The quantitative estimate of drug-likeness (QED) is 0.321. The third kappa shape index (κ3) is 4.43. The summed E-state index contributed by atoms with van der Waals surface area (Å²) in [5, 5.41) is 26.0. The minimum atomic E-state index is -0.972. The lowest BCUT2D eigenvalue weighted by atomic mass is 9.96. The molecule has 2 amide bonds. The van der Waals surface area contributed by atoms with Crippen LogP contribution in [0.2, 0.25) is 0 Å². The third-order valence-electron chi connectivity index (χ3n) is 4.14. The first-order valence-corrected chi connectivity index (χ1v) is 10.7.